The number of halogens is 2. The highest BCUT2D eigenvalue weighted by Gasteiger charge is 2.22. The zero-order valence-electron chi connectivity index (χ0n) is 16.5. The van der Waals surface area contributed by atoms with E-state index >= 15 is 0 Å². The fourth-order valence-electron chi connectivity index (χ4n) is 2.66. The van der Waals surface area contributed by atoms with Gasteiger partial charge in [0.2, 0.25) is 0 Å². The van der Waals surface area contributed by atoms with E-state index in [4.69, 9.17) is 27.9 Å². The van der Waals surface area contributed by atoms with E-state index in [1.54, 1.807) is 36.4 Å². The van der Waals surface area contributed by atoms with Crippen molar-refractivity contribution in [3.05, 3.63) is 86.4 Å². The van der Waals surface area contributed by atoms with Crippen molar-refractivity contribution in [2.45, 2.75) is 4.90 Å². The Hall–Kier alpha value is -3.34. The fourth-order valence-corrected chi connectivity index (χ4v) is 4.24. The van der Waals surface area contributed by atoms with Crippen LogP contribution in [0.3, 0.4) is 0 Å². The van der Waals surface area contributed by atoms with Crippen LogP contribution in [0.25, 0.3) is 0 Å². The Kier molecular flexibility index (Phi) is 7.18. The number of sulfonamides is 1. The third-order valence-corrected chi connectivity index (χ3v) is 6.23. The van der Waals surface area contributed by atoms with E-state index in [0.29, 0.717) is 21.4 Å². The summed E-state index contributed by atoms with van der Waals surface area (Å²) in [6, 6.07) is 14.7. The lowest BCUT2D eigenvalue weighted by atomic mass is 10.2. The Morgan fingerprint density at radius 1 is 1.03 bits per heavy atom. The predicted molar refractivity (Wildman–Crippen MR) is 125 cm³/mol. The first-order valence-electron chi connectivity index (χ1n) is 8.90. The molecule has 0 aliphatic carbocycles. The molecule has 0 saturated heterocycles. The molecule has 0 aromatic heterocycles. The number of ether oxygens (including phenoxy) is 1. The van der Waals surface area contributed by atoms with Crippen molar-refractivity contribution in [2.75, 3.05) is 17.3 Å². The first-order chi connectivity index (χ1) is 15.2. The average Bonchev–Trinajstić information content (AvgIpc) is 2.75. The highest BCUT2D eigenvalue weighted by atomic mass is 35.5. The molecule has 32 heavy (non-hydrogen) atoms. The Morgan fingerprint density at radius 3 is 2.38 bits per heavy atom. The number of hydrogen-bond donors (Lipinski definition) is 2. The van der Waals surface area contributed by atoms with Crippen LogP contribution in [0.1, 0.15) is 5.56 Å². The second-order valence-corrected chi connectivity index (χ2v) is 8.74. The van der Waals surface area contributed by atoms with Crippen molar-refractivity contribution in [2.24, 2.45) is 5.10 Å². The summed E-state index contributed by atoms with van der Waals surface area (Å²) in [6.07, 6.45) is 1.31. The molecule has 166 valence electrons. The third-order valence-electron chi connectivity index (χ3n) is 4.21. The number of benzene rings is 3. The molecule has 0 aliphatic heterocycles. The van der Waals surface area contributed by atoms with Gasteiger partial charge in [0.1, 0.15) is 11.4 Å². The summed E-state index contributed by atoms with van der Waals surface area (Å²) in [5, 5.41) is 16.2. The van der Waals surface area contributed by atoms with Crippen LogP contribution in [-0.4, -0.2) is 26.7 Å². The van der Waals surface area contributed by atoms with E-state index in [-0.39, 0.29) is 16.3 Å². The second-order valence-electron chi connectivity index (χ2n) is 6.25. The van der Waals surface area contributed by atoms with Crippen molar-refractivity contribution in [3.63, 3.8) is 0 Å². The first-order valence-corrected chi connectivity index (χ1v) is 11.1. The Balaban J connectivity index is 1.89. The number of nitrogens with zero attached hydrogens (tertiary/aromatic N) is 2. The largest absolute Gasteiger partial charge is 0.495 e. The topological polar surface area (TPSA) is 123 Å². The molecule has 0 saturated carbocycles. The monoisotopic (exact) mass is 494 g/mol. The number of hydrogen-bond acceptors (Lipinski definition) is 7. The van der Waals surface area contributed by atoms with Crippen LogP contribution < -0.4 is 14.9 Å². The normalized spacial score (nSPS) is 11.3. The van der Waals surface area contributed by atoms with Gasteiger partial charge < -0.3 is 4.74 Å². The third kappa shape index (κ3) is 5.28. The number of nitro benzene ring substituents is 1. The van der Waals surface area contributed by atoms with Gasteiger partial charge in [0, 0.05) is 11.6 Å². The zero-order chi connectivity index (χ0) is 23.3. The molecule has 3 aromatic carbocycles. The molecule has 0 spiro atoms. The van der Waals surface area contributed by atoms with Crippen molar-refractivity contribution < 1.29 is 18.1 Å². The smallest absolute Gasteiger partial charge is 0.295 e. The molecule has 9 nitrogen and oxygen atoms in total. The highest BCUT2D eigenvalue weighted by molar-refractivity contribution is 7.92. The van der Waals surface area contributed by atoms with Gasteiger partial charge in [-0.3, -0.25) is 20.3 Å². The number of hydrazone groups is 1. The maximum absolute atomic E-state index is 12.8. The maximum Gasteiger partial charge on any atom is 0.295 e. The molecule has 0 bridgehead atoms. The van der Waals surface area contributed by atoms with E-state index in [1.165, 1.54) is 31.5 Å². The van der Waals surface area contributed by atoms with E-state index < -0.39 is 20.6 Å². The number of nitrogens with one attached hydrogen (secondary N) is 2. The average molecular weight is 495 g/mol. The molecular weight excluding hydrogens is 479 g/mol. The second kappa shape index (κ2) is 9.86. The summed E-state index contributed by atoms with van der Waals surface area (Å²) in [5.74, 6) is 0.302. The number of para-hydroxylation sites is 2. The molecule has 0 radical (unpaired) electrons. The van der Waals surface area contributed by atoms with Crippen LogP contribution in [0, 0.1) is 10.1 Å². The van der Waals surface area contributed by atoms with Crippen LogP contribution in [0.15, 0.2) is 70.7 Å². The quantitative estimate of drug-likeness (QED) is 0.253. The Morgan fingerprint density at radius 2 is 1.72 bits per heavy atom. The number of anilines is 2. The van der Waals surface area contributed by atoms with Gasteiger partial charge in [0.05, 0.1) is 38.9 Å². The summed E-state index contributed by atoms with van der Waals surface area (Å²) >= 11 is 12.1. The van der Waals surface area contributed by atoms with Crippen molar-refractivity contribution in [1.82, 2.24) is 0 Å². The van der Waals surface area contributed by atoms with Crippen LogP contribution in [0.4, 0.5) is 17.1 Å². The minimum absolute atomic E-state index is 0.0225. The first kappa shape index (κ1) is 23.3. The van der Waals surface area contributed by atoms with Crippen LogP contribution >= 0.6 is 23.2 Å². The van der Waals surface area contributed by atoms with Crippen molar-refractivity contribution in [1.29, 1.82) is 0 Å². The highest BCUT2D eigenvalue weighted by Crippen LogP contribution is 2.31. The maximum atomic E-state index is 12.8. The summed E-state index contributed by atoms with van der Waals surface area (Å²) in [7, 11) is -2.73. The van der Waals surface area contributed by atoms with E-state index in [1.807, 2.05) is 0 Å². The minimum atomic E-state index is -4.13. The molecule has 3 rings (SSSR count). The van der Waals surface area contributed by atoms with Gasteiger partial charge in [-0.05, 0) is 36.4 Å². The summed E-state index contributed by atoms with van der Waals surface area (Å²) < 4.78 is 33.0. The number of nitro groups is 1. The van der Waals surface area contributed by atoms with Gasteiger partial charge in [-0.25, -0.2) is 8.42 Å². The van der Waals surface area contributed by atoms with Gasteiger partial charge in [0.25, 0.3) is 15.7 Å². The molecule has 0 aliphatic rings. The Labute approximate surface area is 193 Å². The fraction of sp³-hybridized carbons (Fsp3) is 0.0500. The molecule has 0 heterocycles. The molecular formula is C20H16Cl2N4O5S. The van der Waals surface area contributed by atoms with Crippen molar-refractivity contribution >= 4 is 56.5 Å². The van der Waals surface area contributed by atoms with Crippen LogP contribution in [-0.2, 0) is 10.0 Å². The van der Waals surface area contributed by atoms with E-state index in [9.17, 15) is 18.5 Å². The Bertz CT molecular complexity index is 1280. The lowest BCUT2D eigenvalue weighted by Crippen LogP contribution is -2.14. The van der Waals surface area contributed by atoms with Gasteiger partial charge in [0.15, 0.2) is 0 Å². The van der Waals surface area contributed by atoms with Gasteiger partial charge in [-0.2, -0.15) is 5.10 Å². The molecule has 0 amide bonds. The number of rotatable bonds is 8. The van der Waals surface area contributed by atoms with Crippen LogP contribution in [0.5, 0.6) is 5.75 Å². The summed E-state index contributed by atoms with van der Waals surface area (Å²) in [4.78, 5) is 10.5. The lowest BCUT2D eigenvalue weighted by Gasteiger charge is -2.12. The van der Waals surface area contributed by atoms with Gasteiger partial charge >= 0.3 is 0 Å². The molecule has 0 atom stereocenters. The molecule has 0 fully saturated rings. The number of methoxy groups -OCH3 is 1. The van der Waals surface area contributed by atoms with Gasteiger partial charge in [-0.1, -0.05) is 41.4 Å². The molecule has 3 aromatic rings. The molecule has 2 N–H and O–H groups in total. The minimum Gasteiger partial charge on any atom is -0.495 e. The molecule has 0 unspecified atom stereocenters. The van der Waals surface area contributed by atoms with Crippen molar-refractivity contribution in [3.8, 4) is 5.75 Å². The summed E-state index contributed by atoms with van der Waals surface area (Å²) in [5.41, 5.74) is 2.62. The van der Waals surface area contributed by atoms with E-state index in [2.05, 4.69) is 15.2 Å². The lowest BCUT2D eigenvalue weighted by molar-refractivity contribution is -0.384. The van der Waals surface area contributed by atoms with E-state index in [0.717, 1.165) is 6.07 Å². The predicted octanol–water partition coefficient (Wildman–Crippen LogP) is 5.16. The SMILES string of the molecule is COc1ccccc1NS(=O)(=O)c1ccc(N/N=C\c2c(Cl)cccc2Cl)c([N+](=O)[O-])c1. The summed E-state index contributed by atoms with van der Waals surface area (Å²) in [6.45, 7) is 0. The standard InChI is InChI=1S/C20H16Cl2N4O5S/c1-31-20-8-3-2-7-18(20)25-32(29,30)13-9-10-17(19(11-13)26(27)28)24-23-12-14-15(21)5-4-6-16(14)22/h2-12,24-25H,1H3/b23-12-. The van der Waals surface area contributed by atoms with Crippen LogP contribution in [0.2, 0.25) is 10.0 Å². The molecule has 12 heteroatoms. The van der Waals surface area contributed by atoms with Gasteiger partial charge in [-0.15, -0.1) is 0 Å². The zero-order valence-corrected chi connectivity index (χ0v) is 18.8.